The molecular formula is C15H24N2O4. The Morgan fingerprint density at radius 2 is 2.00 bits per heavy atom. The maximum Gasteiger partial charge on any atom is 0.317 e. The van der Waals surface area contributed by atoms with Crippen molar-refractivity contribution in [3.63, 3.8) is 0 Å². The molecule has 6 nitrogen and oxygen atoms in total. The van der Waals surface area contributed by atoms with E-state index in [0.717, 1.165) is 25.7 Å². The Morgan fingerprint density at radius 1 is 1.24 bits per heavy atom. The van der Waals surface area contributed by atoms with Crippen molar-refractivity contribution < 1.29 is 19.4 Å². The summed E-state index contributed by atoms with van der Waals surface area (Å²) in [5, 5.41) is 12.2. The topological polar surface area (TPSA) is 78.9 Å². The van der Waals surface area contributed by atoms with Gasteiger partial charge >= 0.3 is 12.0 Å². The van der Waals surface area contributed by atoms with Crippen LogP contribution >= 0.6 is 0 Å². The average molecular weight is 296 g/mol. The maximum absolute atomic E-state index is 12.4. The highest BCUT2D eigenvalue weighted by atomic mass is 16.5. The van der Waals surface area contributed by atoms with Crippen molar-refractivity contribution in [2.24, 2.45) is 5.41 Å². The fourth-order valence-corrected chi connectivity index (χ4v) is 3.76. The third-order valence-electron chi connectivity index (χ3n) is 5.34. The third kappa shape index (κ3) is 2.73. The smallest absolute Gasteiger partial charge is 0.317 e. The van der Waals surface area contributed by atoms with Gasteiger partial charge in [0.15, 0.2) is 0 Å². The number of rotatable bonds is 3. The summed E-state index contributed by atoms with van der Waals surface area (Å²) in [5.41, 5.74) is -0.728. The summed E-state index contributed by atoms with van der Waals surface area (Å²) in [4.78, 5) is 25.6. The first kappa shape index (κ1) is 14.6. The monoisotopic (exact) mass is 296 g/mol. The van der Waals surface area contributed by atoms with Gasteiger partial charge in [-0.25, -0.2) is 4.79 Å². The van der Waals surface area contributed by atoms with Gasteiger partial charge in [-0.2, -0.15) is 0 Å². The van der Waals surface area contributed by atoms with Crippen LogP contribution in [0.4, 0.5) is 4.79 Å². The molecule has 0 aromatic carbocycles. The Balaban J connectivity index is 1.58. The van der Waals surface area contributed by atoms with Crippen LogP contribution in [0.1, 0.15) is 44.9 Å². The minimum absolute atomic E-state index is 0.122. The van der Waals surface area contributed by atoms with Crippen LogP contribution in [0.15, 0.2) is 0 Å². The molecule has 2 aliphatic carbocycles. The summed E-state index contributed by atoms with van der Waals surface area (Å²) in [6.45, 7) is 1.43. The highest BCUT2D eigenvalue weighted by Crippen LogP contribution is 2.40. The number of amides is 2. The van der Waals surface area contributed by atoms with E-state index < -0.39 is 11.4 Å². The van der Waals surface area contributed by atoms with Gasteiger partial charge in [0.05, 0.1) is 24.2 Å². The summed E-state index contributed by atoms with van der Waals surface area (Å²) < 4.78 is 5.76. The number of hydrogen-bond acceptors (Lipinski definition) is 3. The molecule has 1 heterocycles. The predicted molar refractivity (Wildman–Crippen MR) is 76.0 cm³/mol. The molecule has 1 aliphatic heterocycles. The number of nitrogens with one attached hydrogen (secondary N) is 1. The summed E-state index contributed by atoms with van der Waals surface area (Å²) in [6.07, 6.45) is 6.73. The average Bonchev–Trinajstić information content (AvgIpc) is 2.45. The Kier molecular flexibility index (Phi) is 4.06. The number of urea groups is 1. The lowest BCUT2D eigenvalue weighted by Gasteiger charge is -2.44. The molecule has 0 aromatic heterocycles. The van der Waals surface area contributed by atoms with E-state index in [4.69, 9.17) is 4.74 Å². The molecule has 118 valence electrons. The quantitative estimate of drug-likeness (QED) is 0.829. The van der Waals surface area contributed by atoms with E-state index in [1.165, 1.54) is 6.42 Å². The molecule has 2 atom stereocenters. The zero-order chi connectivity index (χ0) is 14.9. The largest absolute Gasteiger partial charge is 0.481 e. The van der Waals surface area contributed by atoms with Crippen molar-refractivity contribution in [2.75, 3.05) is 19.7 Å². The molecule has 0 spiro atoms. The maximum atomic E-state index is 12.4. The van der Waals surface area contributed by atoms with Crippen molar-refractivity contribution in [1.82, 2.24) is 10.2 Å². The summed E-state index contributed by atoms with van der Waals surface area (Å²) in [6, 6.07) is 0.0393. The van der Waals surface area contributed by atoms with Gasteiger partial charge in [-0.15, -0.1) is 0 Å². The molecule has 6 heteroatoms. The Morgan fingerprint density at radius 3 is 2.67 bits per heavy atom. The van der Waals surface area contributed by atoms with Crippen molar-refractivity contribution >= 4 is 12.0 Å². The van der Waals surface area contributed by atoms with Gasteiger partial charge in [0.2, 0.25) is 0 Å². The number of ether oxygens (including phenoxy) is 1. The highest BCUT2D eigenvalue weighted by molar-refractivity contribution is 5.79. The van der Waals surface area contributed by atoms with Gasteiger partial charge in [-0.3, -0.25) is 4.79 Å². The lowest BCUT2D eigenvalue weighted by Crippen LogP contribution is -2.59. The van der Waals surface area contributed by atoms with Crippen molar-refractivity contribution in [3.8, 4) is 0 Å². The molecular weight excluding hydrogens is 272 g/mol. The van der Waals surface area contributed by atoms with E-state index in [9.17, 15) is 14.7 Å². The van der Waals surface area contributed by atoms with Crippen LogP contribution in [-0.4, -0.2) is 53.8 Å². The summed E-state index contributed by atoms with van der Waals surface area (Å²) in [5.74, 6) is -0.786. The van der Waals surface area contributed by atoms with Crippen LogP contribution in [0.25, 0.3) is 0 Å². The minimum atomic E-state index is -0.786. The second kappa shape index (κ2) is 5.83. The minimum Gasteiger partial charge on any atom is -0.481 e. The van der Waals surface area contributed by atoms with E-state index in [2.05, 4.69) is 5.32 Å². The van der Waals surface area contributed by atoms with Gasteiger partial charge in [0, 0.05) is 13.1 Å². The first-order valence-corrected chi connectivity index (χ1v) is 8.02. The lowest BCUT2D eigenvalue weighted by molar-refractivity contribution is -0.153. The van der Waals surface area contributed by atoms with Crippen molar-refractivity contribution in [2.45, 2.75) is 57.1 Å². The van der Waals surface area contributed by atoms with Crippen LogP contribution < -0.4 is 5.32 Å². The number of carboxylic acid groups (broad SMARTS) is 1. The number of carbonyl (C=O) groups is 2. The molecule has 2 N–H and O–H groups in total. The highest BCUT2D eigenvalue weighted by Gasteiger charge is 2.45. The Hall–Kier alpha value is -1.30. The number of carboxylic acids is 1. The number of carbonyl (C=O) groups excluding carboxylic acids is 1. The van der Waals surface area contributed by atoms with Crippen LogP contribution in [0.5, 0.6) is 0 Å². The Labute approximate surface area is 124 Å². The van der Waals surface area contributed by atoms with E-state index in [0.29, 0.717) is 26.0 Å². The molecule has 2 amide bonds. The van der Waals surface area contributed by atoms with Crippen LogP contribution in [0.2, 0.25) is 0 Å². The second-order valence-electron chi connectivity index (χ2n) is 6.55. The molecule has 21 heavy (non-hydrogen) atoms. The molecule has 2 saturated carbocycles. The number of morpholine rings is 1. The van der Waals surface area contributed by atoms with Crippen molar-refractivity contribution in [3.05, 3.63) is 0 Å². The molecule has 3 fully saturated rings. The van der Waals surface area contributed by atoms with Crippen LogP contribution in [0.3, 0.4) is 0 Å². The first-order valence-electron chi connectivity index (χ1n) is 8.02. The van der Waals surface area contributed by atoms with Crippen LogP contribution in [-0.2, 0) is 9.53 Å². The SMILES string of the molecule is O=C(NCC1(C(=O)O)CCC1)N1CCOC2CCCCC21. The molecule has 3 rings (SSSR count). The van der Waals surface area contributed by atoms with Gasteiger partial charge in [0.25, 0.3) is 0 Å². The fourth-order valence-electron chi connectivity index (χ4n) is 3.76. The molecule has 3 aliphatic rings. The van der Waals surface area contributed by atoms with E-state index in [1.807, 2.05) is 4.90 Å². The predicted octanol–water partition coefficient (Wildman–Crippen LogP) is 1.59. The van der Waals surface area contributed by atoms with Gasteiger partial charge in [0.1, 0.15) is 0 Å². The summed E-state index contributed by atoms with van der Waals surface area (Å²) in [7, 11) is 0. The molecule has 0 bridgehead atoms. The number of aliphatic carboxylic acids is 1. The first-order chi connectivity index (χ1) is 10.1. The van der Waals surface area contributed by atoms with Gasteiger partial charge in [-0.1, -0.05) is 19.3 Å². The number of fused-ring (bicyclic) bond motifs is 1. The second-order valence-corrected chi connectivity index (χ2v) is 6.55. The third-order valence-corrected chi connectivity index (χ3v) is 5.34. The molecule has 0 aromatic rings. The van der Waals surface area contributed by atoms with Crippen molar-refractivity contribution in [1.29, 1.82) is 0 Å². The van der Waals surface area contributed by atoms with E-state index in [1.54, 1.807) is 0 Å². The normalized spacial score (nSPS) is 31.0. The van der Waals surface area contributed by atoms with E-state index >= 15 is 0 Å². The zero-order valence-electron chi connectivity index (χ0n) is 12.3. The van der Waals surface area contributed by atoms with Crippen LogP contribution in [0, 0.1) is 5.41 Å². The number of nitrogens with zero attached hydrogens (tertiary/aromatic N) is 1. The fraction of sp³-hybridized carbons (Fsp3) is 0.867. The van der Waals surface area contributed by atoms with Gasteiger partial charge in [-0.05, 0) is 25.7 Å². The zero-order valence-corrected chi connectivity index (χ0v) is 12.3. The molecule has 2 unspecified atom stereocenters. The molecule has 1 saturated heterocycles. The van der Waals surface area contributed by atoms with Gasteiger partial charge < -0.3 is 20.1 Å². The molecule has 0 radical (unpaired) electrons. The van der Waals surface area contributed by atoms with E-state index in [-0.39, 0.29) is 24.7 Å². The standard InChI is InChI=1S/C15H24N2O4/c18-13(19)15(6-3-7-15)10-16-14(20)17-8-9-21-12-5-2-1-4-11(12)17/h11-12H,1-10H2,(H,16,20)(H,18,19). The Bertz CT molecular complexity index is 420. The number of hydrogen-bond donors (Lipinski definition) is 2. The lowest BCUT2D eigenvalue weighted by atomic mass is 9.69. The summed E-state index contributed by atoms with van der Waals surface area (Å²) >= 11 is 0.